The summed E-state index contributed by atoms with van der Waals surface area (Å²) >= 11 is 0. The maximum absolute atomic E-state index is 13.4. The van der Waals surface area contributed by atoms with Gasteiger partial charge in [0.25, 0.3) is 0 Å². The summed E-state index contributed by atoms with van der Waals surface area (Å²) in [5.41, 5.74) is -0.987. The minimum atomic E-state index is -4.81. The van der Waals surface area contributed by atoms with E-state index in [9.17, 15) is 23.1 Å². The highest BCUT2D eigenvalue weighted by Crippen LogP contribution is 2.38. The first-order chi connectivity index (χ1) is 12.7. The molecule has 2 rings (SSSR count). The third-order valence-electron chi connectivity index (χ3n) is 3.77. The lowest BCUT2D eigenvalue weighted by Crippen LogP contribution is -2.32. The molecule has 0 bridgehead atoms. The normalized spacial score (nSPS) is 13.8. The molecule has 0 radical (unpaired) electrons. The van der Waals surface area contributed by atoms with Gasteiger partial charge in [0.2, 0.25) is 0 Å². The molecule has 0 unspecified atom stereocenters. The molecular formula is C19H19F3O5. The summed E-state index contributed by atoms with van der Waals surface area (Å²) in [6.45, 7) is 1.47. The third kappa shape index (κ3) is 5.45. The topological polar surface area (TPSA) is 76.0 Å². The van der Waals surface area contributed by atoms with Crippen molar-refractivity contribution in [3.8, 4) is 5.75 Å². The van der Waals surface area contributed by atoms with Crippen LogP contribution in [0, 0.1) is 0 Å². The average Bonchev–Trinajstić information content (AvgIpc) is 2.63. The highest BCUT2D eigenvalue weighted by Gasteiger charge is 2.39. The molecule has 2 atom stereocenters. The van der Waals surface area contributed by atoms with Gasteiger partial charge in [0, 0.05) is 6.61 Å². The van der Waals surface area contributed by atoms with Crippen LogP contribution in [0.5, 0.6) is 5.75 Å². The second kappa shape index (κ2) is 8.88. The van der Waals surface area contributed by atoms with E-state index in [0.29, 0.717) is 0 Å². The number of carboxylic acid groups (broad SMARTS) is 1. The van der Waals surface area contributed by atoms with Crippen LogP contribution < -0.4 is 4.74 Å². The fraction of sp³-hybridized carbons (Fsp3) is 0.316. The number of hydrogen-bond acceptors (Lipinski definition) is 4. The van der Waals surface area contributed by atoms with Gasteiger partial charge in [-0.15, -0.1) is 0 Å². The number of halogens is 3. The number of carboxylic acids is 1. The van der Waals surface area contributed by atoms with Crippen molar-refractivity contribution in [1.29, 1.82) is 0 Å². The number of aliphatic carboxylic acids is 1. The summed E-state index contributed by atoms with van der Waals surface area (Å²) in [5, 5.41) is 19.3. The lowest BCUT2D eigenvalue weighted by molar-refractivity contribution is -0.160. The van der Waals surface area contributed by atoms with Gasteiger partial charge < -0.3 is 19.7 Å². The molecule has 0 aliphatic heterocycles. The fourth-order valence-electron chi connectivity index (χ4n) is 2.51. The zero-order valence-electron chi connectivity index (χ0n) is 14.4. The number of benzene rings is 2. The maximum atomic E-state index is 13.4. The van der Waals surface area contributed by atoms with E-state index in [1.165, 1.54) is 13.0 Å². The summed E-state index contributed by atoms with van der Waals surface area (Å²) < 4.78 is 50.6. The molecule has 0 fully saturated rings. The van der Waals surface area contributed by atoms with Gasteiger partial charge >= 0.3 is 12.1 Å². The van der Waals surface area contributed by atoms with E-state index < -0.39 is 35.5 Å². The molecule has 0 saturated heterocycles. The second-order valence-electron chi connectivity index (χ2n) is 5.68. The largest absolute Gasteiger partial charge is 0.489 e. The van der Waals surface area contributed by atoms with E-state index in [1.807, 2.05) is 0 Å². The number of alkyl halides is 3. The van der Waals surface area contributed by atoms with E-state index in [4.69, 9.17) is 14.6 Å². The Hall–Kier alpha value is -2.58. The summed E-state index contributed by atoms with van der Waals surface area (Å²) in [5.74, 6) is -1.60. The number of carbonyl (C=O) groups is 1. The predicted molar refractivity (Wildman–Crippen MR) is 90.2 cm³/mol. The van der Waals surface area contributed by atoms with Crippen LogP contribution in [-0.2, 0) is 22.3 Å². The van der Waals surface area contributed by atoms with Crippen molar-refractivity contribution in [3.63, 3.8) is 0 Å². The molecule has 0 heterocycles. The maximum Gasteiger partial charge on any atom is 0.416 e. The molecule has 0 saturated carbocycles. The first-order valence-corrected chi connectivity index (χ1v) is 8.14. The molecule has 8 heteroatoms. The summed E-state index contributed by atoms with van der Waals surface area (Å²) in [7, 11) is 0. The summed E-state index contributed by atoms with van der Waals surface area (Å²) in [6.07, 6.45) is -8.60. The highest BCUT2D eigenvalue weighted by atomic mass is 19.4. The van der Waals surface area contributed by atoms with Crippen molar-refractivity contribution in [1.82, 2.24) is 0 Å². The Bertz CT molecular complexity index is 762. The van der Waals surface area contributed by atoms with Crippen LogP contribution in [-0.4, -0.2) is 28.9 Å². The summed E-state index contributed by atoms with van der Waals surface area (Å²) in [6, 6.07) is 11.9. The van der Waals surface area contributed by atoms with Crippen LogP contribution in [0.15, 0.2) is 48.5 Å². The molecule has 2 aromatic carbocycles. The quantitative estimate of drug-likeness (QED) is 0.724. The van der Waals surface area contributed by atoms with E-state index in [2.05, 4.69) is 0 Å². The molecule has 0 amide bonds. The van der Waals surface area contributed by atoms with Crippen LogP contribution in [0.3, 0.4) is 0 Å². The van der Waals surface area contributed by atoms with E-state index in [0.717, 1.165) is 17.7 Å². The van der Waals surface area contributed by atoms with Crippen LogP contribution in [0.25, 0.3) is 0 Å². The highest BCUT2D eigenvalue weighted by molar-refractivity contribution is 5.73. The van der Waals surface area contributed by atoms with Gasteiger partial charge in [0.1, 0.15) is 18.5 Å². The molecule has 0 aliphatic rings. The fourth-order valence-corrected chi connectivity index (χ4v) is 2.51. The van der Waals surface area contributed by atoms with Crippen LogP contribution in [0.4, 0.5) is 13.2 Å². The van der Waals surface area contributed by atoms with Gasteiger partial charge in [-0.1, -0.05) is 36.4 Å². The van der Waals surface area contributed by atoms with Crippen LogP contribution in [0.2, 0.25) is 0 Å². The van der Waals surface area contributed by atoms with Crippen molar-refractivity contribution < 1.29 is 37.7 Å². The van der Waals surface area contributed by atoms with Crippen LogP contribution in [0.1, 0.15) is 29.7 Å². The van der Waals surface area contributed by atoms with Gasteiger partial charge in [0.15, 0.2) is 6.10 Å². The standard InChI is InChI=1S/C19H19F3O5/c1-2-26-17(18(24)25)16(23)14-9-8-13(10-15(14)19(20,21)22)27-11-12-6-4-3-5-7-12/h3-10,16-17,23H,2,11H2,1H3,(H,24,25)/t16-,17+/m1/s1. The molecular weight excluding hydrogens is 365 g/mol. The first kappa shape index (κ1) is 20.7. The average molecular weight is 384 g/mol. The van der Waals surface area contributed by atoms with Crippen molar-refractivity contribution >= 4 is 5.97 Å². The zero-order chi connectivity index (χ0) is 20.0. The van der Waals surface area contributed by atoms with Crippen molar-refractivity contribution in [2.24, 2.45) is 0 Å². The Balaban J connectivity index is 2.31. The van der Waals surface area contributed by atoms with E-state index in [1.54, 1.807) is 30.3 Å². The number of aliphatic hydroxyl groups is 1. The summed E-state index contributed by atoms with van der Waals surface area (Å²) in [4.78, 5) is 11.2. The number of rotatable bonds is 8. The molecule has 0 spiro atoms. The van der Waals surface area contributed by atoms with Gasteiger partial charge in [0.05, 0.1) is 5.56 Å². The Kier molecular flexibility index (Phi) is 6.81. The number of aliphatic hydroxyl groups excluding tert-OH is 1. The molecule has 27 heavy (non-hydrogen) atoms. The van der Waals surface area contributed by atoms with Crippen molar-refractivity contribution in [2.75, 3.05) is 6.61 Å². The van der Waals surface area contributed by atoms with Gasteiger partial charge in [-0.2, -0.15) is 13.2 Å². The Morgan fingerprint density at radius 3 is 2.37 bits per heavy atom. The lowest BCUT2D eigenvalue weighted by Gasteiger charge is -2.23. The molecule has 5 nitrogen and oxygen atoms in total. The molecule has 2 aromatic rings. The Labute approximate surface area is 154 Å². The monoisotopic (exact) mass is 384 g/mol. The first-order valence-electron chi connectivity index (χ1n) is 8.14. The number of ether oxygens (including phenoxy) is 2. The molecule has 0 aromatic heterocycles. The smallest absolute Gasteiger partial charge is 0.416 e. The van der Waals surface area contributed by atoms with Crippen LogP contribution >= 0.6 is 0 Å². The molecule has 146 valence electrons. The lowest BCUT2D eigenvalue weighted by atomic mass is 9.97. The van der Waals surface area contributed by atoms with E-state index >= 15 is 0 Å². The van der Waals surface area contributed by atoms with Crippen molar-refractivity contribution in [2.45, 2.75) is 31.9 Å². The third-order valence-corrected chi connectivity index (χ3v) is 3.77. The number of hydrogen-bond donors (Lipinski definition) is 2. The second-order valence-corrected chi connectivity index (χ2v) is 5.68. The SMILES string of the molecule is CCO[C@H](C(=O)O)[C@H](O)c1ccc(OCc2ccccc2)cc1C(F)(F)F. The molecule has 0 aliphatic carbocycles. The Morgan fingerprint density at radius 2 is 1.81 bits per heavy atom. The minimum absolute atomic E-state index is 0.0505. The van der Waals surface area contributed by atoms with Crippen molar-refractivity contribution in [3.05, 3.63) is 65.2 Å². The van der Waals surface area contributed by atoms with Gasteiger partial charge in [-0.25, -0.2) is 4.79 Å². The Morgan fingerprint density at radius 1 is 1.15 bits per heavy atom. The van der Waals surface area contributed by atoms with Gasteiger partial charge in [-0.3, -0.25) is 0 Å². The molecule has 2 N–H and O–H groups in total. The minimum Gasteiger partial charge on any atom is -0.489 e. The predicted octanol–water partition coefficient (Wildman–Crippen LogP) is 3.81. The van der Waals surface area contributed by atoms with Gasteiger partial charge in [-0.05, 0) is 30.2 Å². The zero-order valence-corrected chi connectivity index (χ0v) is 14.4. The van der Waals surface area contributed by atoms with E-state index in [-0.39, 0.29) is 19.0 Å².